The van der Waals surface area contributed by atoms with Gasteiger partial charge >= 0.3 is 0 Å². The molecule has 2 rings (SSSR count). The van der Waals surface area contributed by atoms with Gasteiger partial charge in [0, 0.05) is 23.1 Å². The van der Waals surface area contributed by atoms with Gasteiger partial charge in [-0.2, -0.15) is 0 Å². The van der Waals surface area contributed by atoms with Crippen molar-refractivity contribution < 1.29 is 4.39 Å². The molecular formula is C15H22BrFN2. The van der Waals surface area contributed by atoms with Crippen LogP contribution >= 0.6 is 15.9 Å². The third-order valence-electron chi connectivity index (χ3n) is 3.96. The summed E-state index contributed by atoms with van der Waals surface area (Å²) in [7, 11) is 0. The van der Waals surface area contributed by atoms with E-state index in [0.717, 1.165) is 49.1 Å². The monoisotopic (exact) mass is 328 g/mol. The molecule has 0 aliphatic carbocycles. The first-order valence-corrected chi connectivity index (χ1v) is 7.73. The number of hydrogen-bond donors (Lipinski definition) is 1. The van der Waals surface area contributed by atoms with E-state index in [1.807, 2.05) is 6.07 Å². The fourth-order valence-electron chi connectivity index (χ4n) is 2.58. The van der Waals surface area contributed by atoms with Gasteiger partial charge in [0.2, 0.25) is 0 Å². The summed E-state index contributed by atoms with van der Waals surface area (Å²) in [5.74, 6) is -0.188. The molecule has 1 aliphatic heterocycles. The van der Waals surface area contributed by atoms with E-state index < -0.39 is 0 Å². The number of nitrogens with zero attached hydrogens (tertiary/aromatic N) is 1. The lowest BCUT2D eigenvalue weighted by molar-refractivity contribution is 0.208. The molecule has 0 saturated carbocycles. The third kappa shape index (κ3) is 4.01. The molecule has 1 saturated heterocycles. The quantitative estimate of drug-likeness (QED) is 0.912. The second-order valence-electron chi connectivity index (χ2n) is 5.64. The van der Waals surface area contributed by atoms with Crippen LogP contribution in [0.1, 0.15) is 32.3 Å². The molecular weight excluding hydrogens is 307 g/mol. The van der Waals surface area contributed by atoms with E-state index in [1.54, 1.807) is 6.07 Å². The maximum Gasteiger partial charge on any atom is 0.124 e. The zero-order chi connectivity index (χ0) is 13.9. The minimum atomic E-state index is -0.188. The van der Waals surface area contributed by atoms with Crippen molar-refractivity contribution >= 4 is 15.9 Å². The SMILES string of the molecule is CCC1(C)CN(Cc2ccc(F)cc2Br)CCCN1. The predicted molar refractivity (Wildman–Crippen MR) is 80.7 cm³/mol. The van der Waals surface area contributed by atoms with Crippen LogP contribution in [0.4, 0.5) is 4.39 Å². The highest BCUT2D eigenvalue weighted by Crippen LogP contribution is 2.22. The largest absolute Gasteiger partial charge is 0.310 e. The molecule has 1 aromatic carbocycles. The van der Waals surface area contributed by atoms with Crippen LogP contribution in [0.3, 0.4) is 0 Å². The second kappa shape index (κ2) is 6.33. The van der Waals surface area contributed by atoms with Crippen molar-refractivity contribution in [1.29, 1.82) is 0 Å². The predicted octanol–water partition coefficient (Wildman–Crippen LogP) is 3.55. The maximum absolute atomic E-state index is 13.1. The number of hydrogen-bond acceptors (Lipinski definition) is 2. The lowest BCUT2D eigenvalue weighted by Crippen LogP contribution is -2.48. The molecule has 1 heterocycles. The van der Waals surface area contributed by atoms with E-state index in [9.17, 15) is 4.39 Å². The smallest absolute Gasteiger partial charge is 0.124 e. The van der Waals surface area contributed by atoms with Crippen molar-refractivity contribution in [2.75, 3.05) is 19.6 Å². The van der Waals surface area contributed by atoms with Crippen LogP contribution in [0.5, 0.6) is 0 Å². The molecule has 0 bridgehead atoms. The van der Waals surface area contributed by atoms with Gasteiger partial charge in [-0.25, -0.2) is 4.39 Å². The van der Waals surface area contributed by atoms with Gasteiger partial charge in [0.25, 0.3) is 0 Å². The van der Waals surface area contributed by atoms with Gasteiger partial charge in [-0.1, -0.05) is 28.9 Å². The van der Waals surface area contributed by atoms with Gasteiger partial charge in [-0.05, 0) is 50.6 Å². The van der Waals surface area contributed by atoms with Crippen molar-refractivity contribution in [1.82, 2.24) is 10.2 Å². The highest BCUT2D eigenvalue weighted by Gasteiger charge is 2.27. The lowest BCUT2D eigenvalue weighted by Gasteiger charge is -2.32. The average molecular weight is 329 g/mol. The summed E-state index contributed by atoms with van der Waals surface area (Å²) in [5.41, 5.74) is 1.34. The number of nitrogens with one attached hydrogen (secondary N) is 1. The topological polar surface area (TPSA) is 15.3 Å². The standard InChI is InChI=1S/C15H22BrFN2/c1-3-15(2)11-19(8-4-7-18-15)10-12-5-6-13(17)9-14(12)16/h5-6,9,18H,3-4,7-8,10-11H2,1-2H3. The van der Waals surface area contributed by atoms with E-state index in [1.165, 1.54) is 6.07 Å². The second-order valence-corrected chi connectivity index (χ2v) is 6.50. The Morgan fingerprint density at radius 2 is 2.26 bits per heavy atom. The summed E-state index contributed by atoms with van der Waals surface area (Å²) in [5, 5.41) is 3.63. The van der Waals surface area contributed by atoms with Gasteiger partial charge in [-0.15, -0.1) is 0 Å². The number of benzene rings is 1. The van der Waals surface area contributed by atoms with Gasteiger partial charge in [-0.3, -0.25) is 4.90 Å². The Kier molecular flexibility index (Phi) is 4.98. The molecule has 1 aliphatic rings. The maximum atomic E-state index is 13.1. The van der Waals surface area contributed by atoms with Crippen molar-refractivity contribution in [3.63, 3.8) is 0 Å². The Hall–Kier alpha value is -0.450. The summed E-state index contributed by atoms with van der Waals surface area (Å²) in [6.45, 7) is 8.58. The molecule has 1 atom stereocenters. The minimum Gasteiger partial charge on any atom is -0.310 e. The van der Waals surface area contributed by atoms with Gasteiger partial charge < -0.3 is 5.32 Å². The third-order valence-corrected chi connectivity index (χ3v) is 4.70. The average Bonchev–Trinajstić information content (AvgIpc) is 2.55. The molecule has 0 amide bonds. The van der Waals surface area contributed by atoms with Gasteiger partial charge in [0.15, 0.2) is 0 Å². The molecule has 1 N–H and O–H groups in total. The molecule has 1 fully saturated rings. The molecule has 0 radical (unpaired) electrons. The zero-order valence-corrected chi connectivity index (χ0v) is 13.3. The minimum absolute atomic E-state index is 0.184. The summed E-state index contributed by atoms with van der Waals surface area (Å²) in [6.07, 6.45) is 2.28. The van der Waals surface area contributed by atoms with Gasteiger partial charge in [0.05, 0.1) is 0 Å². The molecule has 1 unspecified atom stereocenters. The van der Waals surface area contributed by atoms with Crippen molar-refractivity contribution in [3.8, 4) is 0 Å². The van der Waals surface area contributed by atoms with E-state index in [0.29, 0.717) is 0 Å². The van der Waals surface area contributed by atoms with Crippen LogP contribution in [0.15, 0.2) is 22.7 Å². The number of halogens is 2. The Morgan fingerprint density at radius 3 is 2.95 bits per heavy atom. The first-order chi connectivity index (χ1) is 9.02. The van der Waals surface area contributed by atoms with Crippen LogP contribution in [0, 0.1) is 5.82 Å². The first kappa shape index (κ1) is 14.9. The summed E-state index contributed by atoms with van der Waals surface area (Å²) in [4.78, 5) is 2.46. The number of rotatable bonds is 3. The fraction of sp³-hybridized carbons (Fsp3) is 0.600. The molecule has 1 aromatic rings. The molecule has 106 valence electrons. The Morgan fingerprint density at radius 1 is 1.47 bits per heavy atom. The lowest BCUT2D eigenvalue weighted by atomic mass is 9.98. The highest BCUT2D eigenvalue weighted by atomic mass is 79.9. The first-order valence-electron chi connectivity index (χ1n) is 6.94. The molecule has 2 nitrogen and oxygen atoms in total. The van der Waals surface area contributed by atoms with Crippen LogP contribution in [0.2, 0.25) is 0 Å². The van der Waals surface area contributed by atoms with E-state index in [-0.39, 0.29) is 11.4 Å². The van der Waals surface area contributed by atoms with Gasteiger partial charge in [0.1, 0.15) is 5.82 Å². The van der Waals surface area contributed by atoms with Crippen molar-refractivity contribution in [3.05, 3.63) is 34.1 Å². The van der Waals surface area contributed by atoms with E-state index in [4.69, 9.17) is 0 Å². The summed E-state index contributed by atoms with van der Waals surface area (Å²) in [6, 6.07) is 4.96. The normalized spacial score (nSPS) is 25.3. The summed E-state index contributed by atoms with van der Waals surface area (Å²) < 4.78 is 14.0. The summed E-state index contributed by atoms with van der Waals surface area (Å²) >= 11 is 3.46. The fourth-order valence-corrected chi connectivity index (χ4v) is 3.06. The highest BCUT2D eigenvalue weighted by molar-refractivity contribution is 9.10. The van der Waals surface area contributed by atoms with Crippen LogP contribution < -0.4 is 5.32 Å². The molecule has 0 aromatic heterocycles. The zero-order valence-electron chi connectivity index (χ0n) is 11.7. The van der Waals surface area contributed by atoms with Crippen molar-refractivity contribution in [2.24, 2.45) is 0 Å². The Labute approximate surface area is 123 Å². The van der Waals surface area contributed by atoms with Crippen LogP contribution in [-0.2, 0) is 6.54 Å². The Balaban J connectivity index is 2.08. The van der Waals surface area contributed by atoms with Crippen molar-refractivity contribution in [2.45, 2.75) is 38.8 Å². The molecule has 4 heteroatoms. The van der Waals surface area contributed by atoms with Crippen LogP contribution in [0.25, 0.3) is 0 Å². The van der Waals surface area contributed by atoms with E-state index in [2.05, 4.69) is 40.0 Å². The van der Waals surface area contributed by atoms with E-state index >= 15 is 0 Å². The Bertz CT molecular complexity index is 438. The molecule has 19 heavy (non-hydrogen) atoms. The molecule has 0 spiro atoms. The van der Waals surface area contributed by atoms with Crippen LogP contribution in [-0.4, -0.2) is 30.1 Å².